The number of hydrogen-bond donors (Lipinski definition) is 0. The van der Waals surface area contributed by atoms with E-state index in [9.17, 15) is 4.79 Å². The molecule has 0 spiro atoms. The van der Waals surface area contributed by atoms with Crippen LogP contribution in [0, 0.1) is 5.92 Å². The molecule has 0 aromatic rings. The summed E-state index contributed by atoms with van der Waals surface area (Å²) < 4.78 is 11.1. The Hall–Kier alpha value is -0.130. The van der Waals surface area contributed by atoms with Crippen molar-refractivity contribution in [2.24, 2.45) is 5.92 Å². The number of alkyl halides is 1. The number of carbonyl (C=O) groups excluding carboxylic acids is 1. The van der Waals surface area contributed by atoms with Crippen LogP contribution in [0.3, 0.4) is 0 Å². The first-order valence-corrected chi connectivity index (χ1v) is 7.46. The van der Waals surface area contributed by atoms with E-state index >= 15 is 0 Å². The molecular weight excluding hydrogens is 286 g/mol. The Bertz CT molecular complexity index is 274. The second-order valence-corrected chi connectivity index (χ2v) is 5.29. The van der Waals surface area contributed by atoms with Gasteiger partial charge in [-0.25, -0.2) is 0 Å². The standard InChI is InChI=1S/C12H20BrNO3/c1-2-11-10(3-5-17-11)12(15)14-4-6-16-9(7-13)8-14/h9-11H,2-8H2,1H3. The largest absolute Gasteiger partial charge is 0.377 e. The maximum Gasteiger partial charge on any atom is 0.228 e. The Labute approximate surface area is 111 Å². The Balaban J connectivity index is 1.94. The van der Waals surface area contributed by atoms with Crippen molar-refractivity contribution >= 4 is 21.8 Å². The van der Waals surface area contributed by atoms with E-state index in [-0.39, 0.29) is 24.0 Å². The third kappa shape index (κ3) is 3.01. The minimum atomic E-state index is 0.0640. The number of amides is 1. The molecule has 2 rings (SSSR count). The average Bonchev–Trinajstić information content (AvgIpc) is 2.86. The van der Waals surface area contributed by atoms with Crippen LogP contribution < -0.4 is 0 Å². The smallest absolute Gasteiger partial charge is 0.228 e. The molecule has 0 aromatic heterocycles. The lowest BCUT2D eigenvalue weighted by Crippen LogP contribution is -2.49. The molecule has 2 aliphatic rings. The van der Waals surface area contributed by atoms with Gasteiger partial charge in [-0.15, -0.1) is 0 Å². The zero-order valence-corrected chi connectivity index (χ0v) is 11.8. The van der Waals surface area contributed by atoms with Gasteiger partial charge in [0.05, 0.1) is 24.7 Å². The first kappa shape index (κ1) is 13.3. The van der Waals surface area contributed by atoms with E-state index < -0.39 is 0 Å². The van der Waals surface area contributed by atoms with Crippen LogP contribution in [-0.4, -0.2) is 54.6 Å². The highest BCUT2D eigenvalue weighted by molar-refractivity contribution is 9.09. The molecule has 98 valence electrons. The highest BCUT2D eigenvalue weighted by atomic mass is 79.9. The molecule has 0 aliphatic carbocycles. The summed E-state index contributed by atoms with van der Waals surface area (Å²) >= 11 is 3.41. The van der Waals surface area contributed by atoms with Crippen molar-refractivity contribution in [2.75, 3.05) is 31.6 Å². The lowest BCUT2D eigenvalue weighted by molar-refractivity contribution is -0.144. The Morgan fingerprint density at radius 1 is 1.41 bits per heavy atom. The minimum absolute atomic E-state index is 0.0640. The summed E-state index contributed by atoms with van der Waals surface area (Å²) in [6.07, 6.45) is 2.04. The topological polar surface area (TPSA) is 38.8 Å². The number of halogens is 1. The van der Waals surface area contributed by atoms with Crippen LogP contribution in [0.15, 0.2) is 0 Å². The van der Waals surface area contributed by atoms with E-state index in [4.69, 9.17) is 9.47 Å². The second-order valence-electron chi connectivity index (χ2n) is 4.64. The molecule has 2 heterocycles. The van der Waals surface area contributed by atoms with Gasteiger partial charge in [-0.2, -0.15) is 0 Å². The fourth-order valence-corrected chi connectivity index (χ4v) is 2.97. The molecule has 1 amide bonds. The van der Waals surface area contributed by atoms with Crippen molar-refractivity contribution in [2.45, 2.75) is 32.0 Å². The number of nitrogens with zero attached hydrogens (tertiary/aromatic N) is 1. The molecule has 2 aliphatic heterocycles. The normalized spacial score (nSPS) is 34.0. The van der Waals surface area contributed by atoms with Gasteiger partial charge >= 0.3 is 0 Å². The summed E-state index contributed by atoms with van der Waals surface area (Å²) in [6, 6.07) is 0. The van der Waals surface area contributed by atoms with Crippen LogP contribution in [0.25, 0.3) is 0 Å². The van der Waals surface area contributed by atoms with Gasteiger partial charge in [-0.05, 0) is 12.8 Å². The van der Waals surface area contributed by atoms with E-state index in [1.165, 1.54) is 0 Å². The van der Waals surface area contributed by atoms with Crippen molar-refractivity contribution in [1.29, 1.82) is 0 Å². The number of rotatable bonds is 3. The predicted octanol–water partition coefficient (Wildman–Crippen LogP) is 1.42. The van der Waals surface area contributed by atoms with Crippen molar-refractivity contribution in [3.8, 4) is 0 Å². The monoisotopic (exact) mass is 305 g/mol. The molecule has 2 fully saturated rings. The maximum atomic E-state index is 12.4. The fourth-order valence-electron chi connectivity index (χ4n) is 2.58. The third-order valence-corrected chi connectivity index (χ3v) is 4.27. The molecule has 4 nitrogen and oxygen atoms in total. The second kappa shape index (κ2) is 6.16. The maximum absolute atomic E-state index is 12.4. The van der Waals surface area contributed by atoms with Gasteiger partial charge in [-0.1, -0.05) is 22.9 Å². The molecule has 3 atom stereocenters. The lowest BCUT2D eigenvalue weighted by atomic mass is 9.97. The Morgan fingerprint density at radius 3 is 2.94 bits per heavy atom. The highest BCUT2D eigenvalue weighted by Crippen LogP contribution is 2.26. The Morgan fingerprint density at radius 2 is 2.24 bits per heavy atom. The number of hydrogen-bond acceptors (Lipinski definition) is 3. The Kier molecular flexibility index (Phi) is 4.82. The average molecular weight is 306 g/mol. The van der Waals surface area contributed by atoms with Crippen LogP contribution in [0.2, 0.25) is 0 Å². The first-order valence-electron chi connectivity index (χ1n) is 6.34. The molecule has 0 bridgehead atoms. The number of ether oxygens (including phenoxy) is 2. The zero-order valence-electron chi connectivity index (χ0n) is 10.2. The van der Waals surface area contributed by atoms with E-state index in [0.29, 0.717) is 13.2 Å². The van der Waals surface area contributed by atoms with Gasteiger partial charge in [0.1, 0.15) is 0 Å². The summed E-state index contributed by atoms with van der Waals surface area (Å²) in [5, 5.41) is 0.787. The minimum Gasteiger partial charge on any atom is -0.377 e. The summed E-state index contributed by atoms with van der Waals surface area (Å²) in [5.74, 6) is 0.317. The number of morpholine rings is 1. The van der Waals surface area contributed by atoms with E-state index in [2.05, 4.69) is 22.9 Å². The summed E-state index contributed by atoms with van der Waals surface area (Å²) in [4.78, 5) is 14.3. The molecule has 5 heteroatoms. The molecule has 0 aromatic carbocycles. The molecular formula is C12H20BrNO3. The van der Waals surface area contributed by atoms with Crippen LogP contribution in [0.5, 0.6) is 0 Å². The summed E-state index contributed by atoms with van der Waals surface area (Å²) in [6.45, 7) is 4.87. The van der Waals surface area contributed by atoms with Gasteiger partial charge in [0, 0.05) is 25.0 Å². The molecule has 0 saturated carbocycles. The predicted molar refractivity (Wildman–Crippen MR) is 68.3 cm³/mol. The lowest BCUT2D eigenvalue weighted by Gasteiger charge is -2.34. The van der Waals surface area contributed by atoms with Crippen LogP contribution in [0.4, 0.5) is 0 Å². The third-order valence-electron chi connectivity index (χ3n) is 3.55. The first-order chi connectivity index (χ1) is 8.26. The summed E-state index contributed by atoms with van der Waals surface area (Å²) in [7, 11) is 0. The van der Waals surface area contributed by atoms with E-state index in [0.717, 1.165) is 31.3 Å². The van der Waals surface area contributed by atoms with E-state index in [1.54, 1.807) is 0 Å². The zero-order chi connectivity index (χ0) is 12.3. The molecule has 0 radical (unpaired) electrons. The molecule has 17 heavy (non-hydrogen) atoms. The van der Waals surface area contributed by atoms with Gasteiger partial charge in [0.2, 0.25) is 5.91 Å². The van der Waals surface area contributed by atoms with Crippen molar-refractivity contribution < 1.29 is 14.3 Å². The van der Waals surface area contributed by atoms with Gasteiger partial charge in [0.25, 0.3) is 0 Å². The molecule has 2 saturated heterocycles. The van der Waals surface area contributed by atoms with Gasteiger partial charge in [-0.3, -0.25) is 4.79 Å². The SMILES string of the molecule is CCC1OCCC1C(=O)N1CCOC(CBr)C1. The number of carbonyl (C=O) groups is 1. The van der Waals surface area contributed by atoms with E-state index in [1.807, 2.05) is 4.90 Å². The van der Waals surface area contributed by atoms with Crippen LogP contribution in [0.1, 0.15) is 19.8 Å². The highest BCUT2D eigenvalue weighted by Gasteiger charge is 2.36. The fraction of sp³-hybridized carbons (Fsp3) is 0.917. The quantitative estimate of drug-likeness (QED) is 0.740. The van der Waals surface area contributed by atoms with Crippen molar-refractivity contribution in [1.82, 2.24) is 4.90 Å². The van der Waals surface area contributed by atoms with Crippen LogP contribution in [-0.2, 0) is 14.3 Å². The molecule has 0 N–H and O–H groups in total. The van der Waals surface area contributed by atoms with Gasteiger partial charge < -0.3 is 14.4 Å². The summed E-state index contributed by atoms with van der Waals surface area (Å²) in [5.41, 5.74) is 0. The van der Waals surface area contributed by atoms with Crippen molar-refractivity contribution in [3.63, 3.8) is 0 Å². The van der Waals surface area contributed by atoms with Crippen LogP contribution >= 0.6 is 15.9 Å². The van der Waals surface area contributed by atoms with Crippen molar-refractivity contribution in [3.05, 3.63) is 0 Å². The van der Waals surface area contributed by atoms with Gasteiger partial charge in [0.15, 0.2) is 0 Å². The molecule has 3 unspecified atom stereocenters.